The van der Waals surface area contributed by atoms with Crippen LogP contribution >= 0.6 is 0 Å². The largest absolute Gasteiger partial charge is 0.324 e. The van der Waals surface area contributed by atoms with E-state index < -0.39 is 0 Å². The van der Waals surface area contributed by atoms with Gasteiger partial charge in [0.05, 0.1) is 0 Å². The predicted molar refractivity (Wildman–Crippen MR) is 61.3 cm³/mol. The molecule has 0 bridgehead atoms. The van der Waals surface area contributed by atoms with Crippen molar-refractivity contribution in [3.05, 3.63) is 30.1 Å². The van der Waals surface area contributed by atoms with Crippen molar-refractivity contribution in [2.45, 2.75) is 31.8 Å². The maximum Gasteiger partial charge on any atom is 0.0271 e. The van der Waals surface area contributed by atoms with Crippen molar-refractivity contribution < 1.29 is 0 Å². The fourth-order valence-corrected chi connectivity index (χ4v) is 2.26. The minimum atomic E-state index is -0.00865. The number of aromatic nitrogens is 1. The highest BCUT2D eigenvalue weighted by Crippen LogP contribution is 2.19. The van der Waals surface area contributed by atoms with Gasteiger partial charge >= 0.3 is 0 Å². The monoisotopic (exact) mass is 205 g/mol. The van der Waals surface area contributed by atoms with Crippen LogP contribution in [0.3, 0.4) is 0 Å². The summed E-state index contributed by atoms with van der Waals surface area (Å²) in [5.41, 5.74) is 7.48. The molecular weight excluding hydrogens is 186 g/mol. The Morgan fingerprint density at radius 1 is 1.47 bits per heavy atom. The first-order chi connectivity index (χ1) is 7.16. The number of likely N-dealkylation sites (tertiary alicyclic amines) is 1. The summed E-state index contributed by atoms with van der Waals surface area (Å²) in [4.78, 5) is 6.45. The van der Waals surface area contributed by atoms with Crippen LogP contribution in [-0.2, 0) is 6.54 Å². The zero-order chi connectivity index (χ0) is 10.7. The van der Waals surface area contributed by atoms with E-state index in [1.54, 1.807) is 0 Å². The molecule has 1 fully saturated rings. The quantitative estimate of drug-likeness (QED) is 0.793. The summed E-state index contributed by atoms with van der Waals surface area (Å²) in [6, 6.07) is 4.14. The molecule has 2 heterocycles. The number of nitrogens with two attached hydrogens (primary N) is 1. The molecule has 3 nitrogen and oxygen atoms in total. The van der Waals surface area contributed by atoms with Gasteiger partial charge < -0.3 is 5.73 Å². The Balaban J connectivity index is 1.95. The van der Waals surface area contributed by atoms with E-state index in [2.05, 4.69) is 28.9 Å². The summed E-state index contributed by atoms with van der Waals surface area (Å²) in [6.45, 7) is 5.30. The summed E-state index contributed by atoms with van der Waals surface area (Å²) in [5, 5.41) is 0. The van der Waals surface area contributed by atoms with E-state index in [4.69, 9.17) is 5.73 Å². The predicted octanol–water partition coefficient (Wildman–Crippen LogP) is 1.39. The number of nitrogens with zero attached hydrogens (tertiary/aromatic N) is 2. The minimum Gasteiger partial charge on any atom is -0.324 e. The molecule has 2 rings (SSSR count). The van der Waals surface area contributed by atoms with E-state index >= 15 is 0 Å². The van der Waals surface area contributed by atoms with Crippen molar-refractivity contribution in [1.82, 2.24) is 9.88 Å². The Morgan fingerprint density at radius 3 is 2.87 bits per heavy atom. The molecule has 0 radical (unpaired) electrons. The van der Waals surface area contributed by atoms with Crippen LogP contribution in [0.5, 0.6) is 0 Å². The Kier molecular flexibility index (Phi) is 3.03. The molecule has 3 heteroatoms. The van der Waals surface area contributed by atoms with Gasteiger partial charge in [0.25, 0.3) is 0 Å². The number of hydrogen-bond acceptors (Lipinski definition) is 3. The Morgan fingerprint density at radius 2 is 2.20 bits per heavy atom. The molecule has 0 spiro atoms. The summed E-state index contributed by atoms with van der Waals surface area (Å²) < 4.78 is 0. The van der Waals surface area contributed by atoms with Crippen molar-refractivity contribution in [2.24, 2.45) is 5.73 Å². The first-order valence-electron chi connectivity index (χ1n) is 5.56. The lowest BCUT2D eigenvalue weighted by Gasteiger charge is -2.37. The second kappa shape index (κ2) is 4.29. The lowest BCUT2D eigenvalue weighted by Crippen LogP contribution is -2.51. The normalized spacial score (nSPS) is 27.9. The Bertz CT molecular complexity index is 308. The third kappa shape index (κ3) is 3.01. The van der Waals surface area contributed by atoms with Crippen LogP contribution in [-0.4, -0.2) is 28.5 Å². The molecule has 0 amide bonds. The Labute approximate surface area is 91.3 Å². The van der Waals surface area contributed by atoms with Gasteiger partial charge in [-0.25, -0.2) is 0 Å². The maximum absolute atomic E-state index is 6.17. The molecule has 0 aliphatic carbocycles. The van der Waals surface area contributed by atoms with Crippen molar-refractivity contribution in [3.8, 4) is 0 Å². The number of piperidine rings is 1. The molecule has 1 saturated heterocycles. The molecule has 1 aromatic heterocycles. The van der Waals surface area contributed by atoms with E-state index in [1.807, 2.05) is 12.4 Å². The molecule has 0 aromatic carbocycles. The maximum atomic E-state index is 6.17. The second-order valence-electron chi connectivity index (χ2n) is 4.82. The SMILES string of the molecule is CC1(N)CCCN(Cc2ccncc2)C1. The van der Waals surface area contributed by atoms with Gasteiger partial charge in [0.2, 0.25) is 0 Å². The van der Waals surface area contributed by atoms with Gasteiger partial charge in [-0.15, -0.1) is 0 Å². The second-order valence-corrected chi connectivity index (χ2v) is 4.82. The molecule has 2 N–H and O–H groups in total. The average Bonchev–Trinajstić information content (AvgIpc) is 2.17. The van der Waals surface area contributed by atoms with Crippen molar-refractivity contribution in [3.63, 3.8) is 0 Å². The van der Waals surface area contributed by atoms with E-state index in [0.717, 1.165) is 26.1 Å². The van der Waals surface area contributed by atoms with Gasteiger partial charge in [-0.2, -0.15) is 0 Å². The molecule has 15 heavy (non-hydrogen) atoms. The molecule has 1 aromatic rings. The lowest BCUT2D eigenvalue weighted by atomic mass is 9.92. The fourth-order valence-electron chi connectivity index (χ4n) is 2.26. The molecular formula is C12H19N3. The van der Waals surface area contributed by atoms with Gasteiger partial charge in [-0.1, -0.05) is 0 Å². The van der Waals surface area contributed by atoms with E-state index in [0.29, 0.717) is 0 Å². The van der Waals surface area contributed by atoms with E-state index in [1.165, 1.54) is 12.0 Å². The van der Waals surface area contributed by atoms with Crippen LogP contribution < -0.4 is 5.73 Å². The third-order valence-electron chi connectivity index (χ3n) is 2.96. The number of rotatable bonds is 2. The molecule has 1 aliphatic rings. The van der Waals surface area contributed by atoms with Crippen LogP contribution in [0.15, 0.2) is 24.5 Å². The minimum absolute atomic E-state index is 0.00865. The van der Waals surface area contributed by atoms with Gasteiger partial charge in [0, 0.05) is 31.0 Å². The summed E-state index contributed by atoms with van der Waals surface area (Å²) >= 11 is 0. The topological polar surface area (TPSA) is 42.1 Å². The average molecular weight is 205 g/mol. The zero-order valence-corrected chi connectivity index (χ0v) is 9.32. The third-order valence-corrected chi connectivity index (χ3v) is 2.96. The molecule has 82 valence electrons. The molecule has 1 aliphatic heterocycles. The Hall–Kier alpha value is -0.930. The van der Waals surface area contributed by atoms with Crippen LogP contribution in [0.1, 0.15) is 25.3 Å². The molecule has 1 unspecified atom stereocenters. The van der Waals surface area contributed by atoms with Gasteiger partial charge in [-0.3, -0.25) is 9.88 Å². The van der Waals surface area contributed by atoms with Crippen LogP contribution in [0, 0.1) is 0 Å². The van der Waals surface area contributed by atoms with E-state index in [9.17, 15) is 0 Å². The summed E-state index contributed by atoms with van der Waals surface area (Å²) in [7, 11) is 0. The zero-order valence-electron chi connectivity index (χ0n) is 9.32. The molecule has 1 atom stereocenters. The number of pyridine rings is 1. The first kappa shape index (κ1) is 10.6. The van der Waals surface area contributed by atoms with Gasteiger partial charge in [0.1, 0.15) is 0 Å². The smallest absolute Gasteiger partial charge is 0.0271 e. The fraction of sp³-hybridized carbons (Fsp3) is 0.583. The van der Waals surface area contributed by atoms with Crippen LogP contribution in [0.25, 0.3) is 0 Å². The summed E-state index contributed by atoms with van der Waals surface area (Å²) in [6.07, 6.45) is 6.04. The first-order valence-corrected chi connectivity index (χ1v) is 5.56. The van der Waals surface area contributed by atoms with Crippen molar-refractivity contribution >= 4 is 0 Å². The van der Waals surface area contributed by atoms with Gasteiger partial charge in [0.15, 0.2) is 0 Å². The highest BCUT2D eigenvalue weighted by molar-refractivity contribution is 5.09. The van der Waals surface area contributed by atoms with Gasteiger partial charge in [-0.05, 0) is 44.0 Å². The lowest BCUT2D eigenvalue weighted by molar-refractivity contribution is 0.153. The highest BCUT2D eigenvalue weighted by Gasteiger charge is 2.26. The van der Waals surface area contributed by atoms with E-state index in [-0.39, 0.29) is 5.54 Å². The standard InChI is InChI=1S/C12H19N3/c1-12(13)5-2-8-15(10-12)9-11-3-6-14-7-4-11/h3-4,6-7H,2,5,8-10,13H2,1H3. The molecule has 0 saturated carbocycles. The van der Waals surface area contributed by atoms with Crippen LogP contribution in [0.2, 0.25) is 0 Å². The highest BCUT2D eigenvalue weighted by atomic mass is 15.2. The summed E-state index contributed by atoms with van der Waals surface area (Å²) in [5.74, 6) is 0. The van der Waals surface area contributed by atoms with Crippen molar-refractivity contribution in [1.29, 1.82) is 0 Å². The van der Waals surface area contributed by atoms with Crippen LogP contribution in [0.4, 0.5) is 0 Å². The number of hydrogen-bond donors (Lipinski definition) is 1. The van der Waals surface area contributed by atoms with Crippen molar-refractivity contribution in [2.75, 3.05) is 13.1 Å².